The molecule has 0 aliphatic heterocycles. The molecule has 142 valence electrons. The highest BCUT2D eigenvalue weighted by Gasteiger charge is 2.07. The van der Waals surface area contributed by atoms with Gasteiger partial charge >= 0.3 is 0 Å². The summed E-state index contributed by atoms with van der Waals surface area (Å²) in [6, 6.07) is 23.3. The monoisotopic (exact) mass is 376 g/mol. The summed E-state index contributed by atoms with van der Waals surface area (Å²) in [4.78, 5) is 23.7. The van der Waals surface area contributed by atoms with Gasteiger partial charge in [0.05, 0.1) is 0 Å². The standard InChI is InChI=1S/C22H20N2O4/c1-16-7-9-19(10-8-16)28-20-13-11-18(12-14-20)27-15-21(25)23-24-22(26)17-5-3-2-4-6-17/h2-14H,15H2,1H3,(H,23,25)(H,24,26). The van der Waals surface area contributed by atoms with Crippen molar-refractivity contribution in [3.05, 3.63) is 90.0 Å². The zero-order chi connectivity index (χ0) is 19.8. The molecule has 0 aromatic heterocycles. The highest BCUT2D eigenvalue weighted by atomic mass is 16.5. The number of carbonyl (C=O) groups is 2. The van der Waals surface area contributed by atoms with Crippen LogP contribution in [0.3, 0.4) is 0 Å². The number of hydrogen-bond acceptors (Lipinski definition) is 4. The fourth-order valence-electron chi connectivity index (χ4n) is 2.32. The molecule has 2 amide bonds. The van der Waals surface area contributed by atoms with Crippen molar-refractivity contribution in [3.8, 4) is 17.2 Å². The first-order chi connectivity index (χ1) is 13.6. The van der Waals surface area contributed by atoms with Gasteiger partial charge in [-0.25, -0.2) is 0 Å². The second-order valence-corrected chi connectivity index (χ2v) is 6.04. The minimum Gasteiger partial charge on any atom is -0.484 e. The zero-order valence-corrected chi connectivity index (χ0v) is 15.3. The molecule has 6 heteroatoms. The van der Waals surface area contributed by atoms with Crippen molar-refractivity contribution in [1.29, 1.82) is 0 Å². The molecule has 2 N–H and O–H groups in total. The molecule has 6 nitrogen and oxygen atoms in total. The van der Waals surface area contributed by atoms with Crippen LogP contribution in [0, 0.1) is 6.92 Å². The van der Waals surface area contributed by atoms with E-state index in [0.717, 1.165) is 11.3 Å². The Morgan fingerprint density at radius 3 is 1.96 bits per heavy atom. The van der Waals surface area contributed by atoms with E-state index in [2.05, 4.69) is 10.9 Å². The first kappa shape index (κ1) is 19.0. The van der Waals surface area contributed by atoms with Gasteiger partial charge < -0.3 is 9.47 Å². The highest BCUT2D eigenvalue weighted by Crippen LogP contribution is 2.24. The lowest BCUT2D eigenvalue weighted by molar-refractivity contribution is -0.123. The van der Waals surface area contributed by atoms with Gasteiger partial charge in [-0.2, -0.15) is 0 Å². The third-order valence-electron chi connectivity index (χ3n) is 3.80. The maximum atomic E-state index is 11.8. The fourth-order valence-corrected chi connectivity index (χ4v) is 2.32. The summed E-state index contributed by atoms with van der Waals surface area (Å²) in [5.74, 6) is 1.06. The van der Waals surface area contributed by atoms with E-state index in [1.165, 1.54) is 0 Å². The topological polar surface area (TPSA) is 76.7 Å². The van der Waals surface area contributed by atoms with Gasteiger partial charge in [-0.1, -0.05) is 35.9 Å². The first-order valence-corrected chi connectivity index (χ1v) is 8.72. The third-order valence-corrected chi connectivity index (χ3v) is 3.80. The molecule has 3 rings (SSSR count). The van der Waals surface area contributed by atoms with Crippen LogP contribution in [-0.2, 0) is 4.79 Å². The van der Waals surface area contributed by atoms with Crippen LogP contribution < -0.4 is 20.3 Å². The van der Waals surface area contributed by atoms with Crippen LogP contribution in [0.15, 0.2) is 78.9 Å². The smallest absolute Gasteiger partial charge is 0.276 e. The molecule has 0 saturated carbocycles. The van der Waals surface area contributed by atoms with Crippen LogP contribution in [0.1, 0.15) is 15.9 Å². The number of hydrazine groups is 1. The highest BCUT2D eigenvalue weighted by molar-refractivity contribution is 5.95. The summed E-state index contributed by atoms with van der Waals surface area (Å²) in [5, 5.41) is 0. The van der Waals surface area contributed by atoms with Gasteiger partial charge in [-0.05, 0) is 55.5 Å². The Bertz CT molecular complexity index is 923. The van der Waals surface area contributed by atoms with Crippen molar-refractivity contribution >= 4 is 11.8 Å². The maximum Gasteiger partial charge on any atom is 0.276 e. The number of rotatable bonds is 6. The van der Waals surface area contributed by atoms with E-state index >= 15 is 0 Å². The lowest BCUT2D eigenvalue weighted by Crippen LogP contribution is -2.43. The Balaban J connectivity index is 1.43. The summed E-state index contributed by atoms with van der Waals surface area (Å²) < 4.78 is 11.1. The van der Waals surface area contributed by atoms with E-state index < -0.39 is 11.8 Å². The van der Waals surface area contributed by atoms with Crippen molar-refractivity contribution in [2.75, 3.05) is 6.61 Å². The lowest BCUT2D eigenvalue weighted by Gasteiger charge is -2.10. The molecule has 0 aliphatic rings. The normalized spacial score (nSPS) is 10.0. The van der Waals surface area contributed by atoms with Gasteiger partial charge in [0.15, 0.2) is 6.61 Å². The molecule has 0 atom stereocenters. The SMILES string of the molecule is Cc1ccc(Oc2ccc(OCC(=O)NNC(=O)c3ccccc3)cc2)cc1. The average molecular weight is 376 g/mol. The molecular formula is C22H20N2O4. The fraction of sp³-hybridized carbons (Fsp3) is 0.0909. The van der Waals surface area contributed by atoms with Crippen molar-refractivity contribution in [2.45, 2.75) is 6.92 Å². The molecule has 0 spiro atoms. The molecule has 0 bridgehead atoms. The Morgan fingerprint density at radius 2 is 1.32 bits per heavy atom. The Hall–Kier alpha value is -3.80. The summed E-state index contributed by atoms with van der Waals surface area (Å²) >= 11 is 0. The third kappa shape index (κ3) is 5.60. The summed E-state index contributed by atoms with van der Waals surface area (Å²) in [5.41, 5.74) is 6.26. The summed E-state index contributed by atoms with van der Waals surface area (Å²) in [6.07, 6.45) is 0. The molecule has 0 heterocycles. The van der Waals surface area contributed by atoms with Crippen LogP contribution in [0.4, 0.5) is 0 Å². The second-order valence-electron chi connectivity index (χ2n) is 6.04. The molecule has 0 unspecified atom stereocenters. The number of ether oxygens (including phenoxy) is 2. The van der Waals surface area contributed by atoms with Gasteiger partial charge in [0, 0.05) is 5.56 Å². The molecule has 28 heavy (non-hydrogen) atoms. The first-order valence-electron chi connectivity index (χ1n) is 8.72. The minimum atomic E-state index is -0.468. The van der Waals surface area contributed by atoms with Crippen molar-refractivity contribution in [1.82, 2.24) is 10.9 Å². The Labute approximate surface area is 163 Å². The number of hydrogen-bond donors (Lipinski definition) is 2. The molecule has 0 aliphatic carbocycles. The van der Waals surface area contributed by atoms with E-state index in [1.807, 2.05) is 31.2 Å². The molecule has 3 aromatic rings. The van der Waals surface area contributed by atoms with Gasteiger partial charge in [-0.15, -0.1) is 0 Å². The van der Waals surface area contributed by atoms with E-state index in [0.29, 0.717) is 17.1 Å². The van der Waals surface area contributed by atoms with Crippen LogP contribution in [0.2, 0.25) is 0 Å². The summed E-state index contributed by atoms with van der Waals surface area (Å²) in [7, 11) is 0. The number of nitrogens with one attached hydrogen (secondary N) is 2. The van der Waals surface area contributed by atoms with Crippen molar-refractivity contribution in [3.63, 3.8) is 0 Å². The second kappa shape index (κ2) is 9.23. The predicted octanol–water partition coefficient (Wildman–Crippen LogP) is 3.63. The molecule has 0 radical (unpaired) electrons. The van der Waals surface area contributed by atoms with Crippen molar-refractivity contribution < 1.29 is 19.1 Å². The van der Waals surface area contributed by atoms with Crippen LogP contribution in [0.5, 0.6) is 17.2 Å². The number of aryl methyl sites for hydroxylation is 1. The molecular weight excluding hydrogens is 356 g/mol. The van der Waals surface area contributed by atoms with Crippen LogP contribution in [-0.4, -0.2) is 18.4 Å². The Kier molecular flexibility index (Phi) is 6.25. The Morgan fingerprint density at radius 1 is 0.750 bits per heavy atom. The minimum absolute atomic E-state index is 0.229. The zero-order valence-electron chi connectivity index (χ0n) is 15.3. The average Bonchev–Trinajstić information content (AvgIpc) is 2.74. The van der Waals surface area contributed by atoms with Gasteiger partial charge in [0.1, 0.15) is 17.2 Å². The van der Waals surface area contributed by atoms with Gasteiger partial charge in [0.25, 0.3) is 11.8 Å². The molecule has 0 fully saturated rings. The van der Waals surface area contributed by atoms with Crippen LogP contribution >= 0.6 is 0 Å². The summed E-state index contributed by atoms with van der Waals surface area (Å²) in [6.45, 7) is 1.78. The van der Waals surface area contributed by atoms with E-state index in [-0.39, 0.29) is 6.61 Å². The van der Waals surface area contributed by atoms with E-state index in [1.54, 1.807) is 54.6 Å². The number of carbonyl (C=O) groups excluding carboxylic acids is 2. The molecule has 3 aromatic carbocycles. The van der Waals surface area contributed by atoms with Gasteiger partial charge in [0.2, 0.25) is 0 Å². The predicted molar refractivity (Wildman–Crippen MR) is 105 cm³/mol. The van der Waals surface area contributed by atoms with Crippen molar-refractivity contribution in [2.24, 2.45) is 0 Å². The van der Waals surface area contributed by atoms with E-state index in [4.69, 9.17) is 9.47 Å². The lowest BCUT2D eigenvalue weighted by atomic mass is 10.2. The number of benzene rings is 3. The quantitative estimate of drug-likeness (QED) is 0.644. The largest absolute Gasteiger partial charge is 0.484 e. The van der Waals surface area contributed by atoms with E-state index in [9.17, 15) is 9.59 Å². The molecule has 0 saturated heterocycles. The van der Waals surface area contributed by atoms with Crippen LogP contribution in [0.25, 0.3) is 0 Å². The van der Waals surface area contributed by atoms with Gasteiger partial charge in [-0.3, -0.25) is 20.4 Å². The maximum absolute atomic E-state index is 11.8. The number of amides is 2.